The van der Waals surface area contributed by atoms with Gasteiger partial charge < -0.3 is 19.3 Å². The molecule has 3 rings (SSSR count). The first kappa shape index (κ1) is 14.8. The highest BCUT2D eigenvalue weighted by atomic mass is 19.1. The Morgan fingerprint density at radius 2 is 2.05 bits per heavy atom. The van der Waals surface area contributed by atoms with Gasteiger partial charge in [-0.25, -0.2) is 4.39 Å². The molecule has 4 nitrogen and oxygen atoms in total. The van der Waals surface area contributed by atoms with Crippen LogP contribution in [0.5, 0.6) is 5.75 Å². The smallest absolute Gasteiger partial charge is 0.124 e. The van der Waals surface area contributed by atoms with E-state index in [0.717, 1.165) is 25.7 Å². The molecule has 2 bridgehead atoms. The van der Waals surface area contributed by atoms with Crippen molar-refractivity contribution in [2.24, 2.45) is 0 Å². The Kier molecular flexibility index (Phi) is 4.42. The minimum Gasteiger partial charge on any atom is -0.496 e. The number of hydrogen-bond donors (Lipinski definition) is 1. The zero-order chi connectivity index (χ0) is 14.8. The van der Waals surface area contributed by atoms with Crippen LogP contribution in [0.15, 0.2) is 18.2 Å². The van der Waals surface area contributed by atoms with Gasteiger partial charge in [-0.15, -0.1) is 0 Å². The van der Waals surface area contributed by atoms with E-state index >= 15 is 0 Å². The largest absolute Gasteiger partial charge is 0.496 e. The molecule has 2 saturated heterocycles. The van der Waals surface area contributed by atoms with E-state index < -0.39 is 6.10 Å². The Bertz CT molecular complexity index is 481. The van der Waals surface area contributed by atoms with Gasteiger partial charge in [0, 0.05) is 5.56 Å². The third-order valence-corrected chi connectivity index (χ3v) is 4.31. The van der Waals surface area contributed by atoms with Gasteiger partial charge >= 0.3 is 0 Å². The van der Waals surface area contributed by atoms with Crippen molar-refractivity contribution in [2.45, 2.75) is 50.1 Å². The fourth-order valence-corrected chi connectivity index (χ4v) is 3.32. The summed E-state index contributed by atoms with van der Waals surface area (Å²) in [6, 6.07) is 4.27. The van der Waals surface area contributed by atoms with E-state index in [1.807, 2.05) is 0 Å². The molecule has 0 aromatic heterocycles. The van der Waals surface area contributed by atoms with E-state index in [2.05, 4.69) is 0 Å². The van der Waals surface area contributed by atoms with E-state index in [4.69, 9.17) is 14.2 Å². The second kappa shape index (κ2) is 6.30. The number of aliphatic hydroxyl groups excluding tert-OH is 1. The molecule has 0 spiro atoms. The van der Waals surface area contributed by atoms with Crippen LogP contribution in [-0.4, -0.2) is 37.1 Å². The number of fused-ring (bicyclic) bond motifs is 2. The molecule has 21 heavy (non-hydrogen) atoms. The highest BCUT2D eigenvalue weighted by Crippen LogP contribution is 2.37. The van der Waals surface area contributed by atoms with Crippen molar-refractivity contribution in [1.82, 2.24) is 0 Å². The topological polar surface area (TPSA) is 47.9 Å². The van der Waals surface area contributed by atoms with Crippen LogP contribution in [0.1, 0.15) is 37.4 Å². The van der Waals surface area contributed by atoms with Crippen LogP contribution >= 0.6 is 0 Å². The van der Waals surface area contributed by atoms with Gasteiger partial charge in [-0.05, 0) is 43.9 Å². The van der Waals surface area contributed by atoms with Crippen molar-refractivity contribution < 1.29 is 23.7 Å². The van der Waals surface area contributed by atoms with E-state index in [-0.39, 0.29) is 30.7 Å². The molecule has 1 N–H and O–H groups in total. The standard InChI is InChI=1S/C16H21FO4/c1-19-15-5-2-10(17)6-14(15)16(9-18)21-13-7-11-3-4-12(8-13)20-11/h2,5-6,11-13,16,18H,3-4,7-9H2,1H3/t11-,12-,16-/m0/s1. The molecule has 0 aliphatic carbocycles. The average molecular weight is 296 g/mol. The lowest BCUT2D eigenvalue weighted by Crippen LogP contribution is -2.32. The Labute approximate surface area is 123 Å². The summed E-state index contributed by atoms with van der Waals surface area (Å²) in [5.41, 5.74) is 0.554. The number of methoxy groups -OCH3 is 1. The van der Waals surface area contributed by atoms with Crippen LogP contribution < -0.4 is 4.74 Å². The molecule has 2 aliphatic rings. The fraction of sp³-hybridized carbons (Fsp3) is 0.625. The quantitative estimate of drug-likeness (QED) is 0.907. The molecule has 0 saturated carbocycles. The summed E-state index contributed by atoms with van der Waals surface area (Å²) in [5, 5.41) is 9.63. The predicted molar refractivity (Wildman–Crippen MR) is 74.8 cm³/mol. The van der Waals surface area contributed by atoms with Crippen LogP contribution in [0.4, 0.5) is 4.39 Å². The summed E-state index contributed by atoms with van der Waals surface area (Å²) in [6.07, 6.45) is 3.84. The average Bonchev–Trinajstić information content (AvgIpc) is 2.83. The van der Waals surface area contributed by atoms with Gasteiger partial charge in [0.25, 0.3) is 0 Å². The molecule has 0 unspecified atom stereocenters. The maximum atomic E-state index is 13.5. The maximum absolute atomic E-state index is 13.5. The molecular formula is C16H21FO4. The van der Waals surface area contributed by atoms with Gasteiger partial charge in [0.05, 0.1) is 32.0 Å². The van der Waals surface area contributed by atoms with Gasteiger partial charge in [0.15, 0.2) is 0 Å². The van der Waals surface area contributed by atoms with Crippen molar-refractivity contribution >= 4 is 0 Å². The molecule has 0 radical (unpaired) electrons. The van der Waals surface area contributed by atoms with E-state index in [0.29, 0.717) is 11.3 Å². The third kappa shape index (κ3) is 3.20. The zero-order valence-corrected chi connectivity index (χ0v) is 12.1. The van der Waals surface area contributed by atoms with Crippen molar-refractivity contribution in [3.8, 4) is 5.75 Å². The monoisotopic (exact) mass is 296 g/mol. The van der Waals surface area contributed by atoms with E-state index in [9.17, 15) is 9.50 Å². The number of ether oxygens (including phenoxy) is 3. The van der Waals surface area contributed by atoms with Gasteiger partial charge in [0.1, 0.15) is 17.7 Å². The first-order valence-corrected chi connectivity index (χ1v) is 7.44. The summed E-state index contributed by atoms with van der Waals surface area (Å²) < 4.78 is 30.5. The summed E-state index contributed by atoms with van der Waals surface area (Å²) in [4.78, 5) is 0. The number of aliphatic hydroxyl groups is 1. The minimum atomic E-state index is -0.571. The molecule has 1 aromatic carbocycles. The molecule has 1 aromatic rings. The van der Waals surface area contributed by atoms with Crippen LogP contribution in [-0.2, 0) is 9.47 Å². The first-order chi connectivity index (χ1) is 10.2. The van der Waals surface area contributed by atoms with Gasteiger partial charge in [-0.2, -0.15) is 0 Å². The number of rotatable bonds is 5. The maximum Gasteiger partial charge on any atom is 0.124 e. The van der Waals surface area contributed by atoms with Crippen LogP contribution in [0.3, 0.4) is 0 Å². The normalized spacial score (nSPS) is 29.4. The summed E-state index contributed by atoms with van der Waals surface area (Å²) in [5.74, 6) is 0.172. The summed E-state index contributed by atoms with van der Waals surface area (Å²) in [7, 11) is 1.53. The molecule has 2 fully saturated rings. The number of benzene rings is 1. The van der Waals surface area contributed by atoms with E-state index in [1.165, 1.54) is 19.2 Å². The molecular weight excluding hydrogens is 275 g/mol. The number of hydrogen-bond acceptors (Lipinski definition) is 4. The van der Waals surface area contributed by atoms with Crippen molar-refractivity contribution in [3.63, 3.8) is 0 Å². The van der Waals surface area contributed by atoms with E-state index in [1.54, 1.807) is 6.07 Å². The first-order valence-electron chi connectivity index (χ1n) is 7.44. The molecule has 0 amide bonds. The van der Waals surface area contributed by atoms with Crippen molar-refractivity contribution in [2.75, 3.05) is 13.7 Å². The van der Waals surface area contributed by atoms with Gasteiger partial charge in [-0.1, -0.05) is 0 Å². The lowest BCUT2D eigenvalue weighted by atomic mass is 10.0. The Morgan fingerprint density at radius 3 is 2.67 bits per heavy atom. The molecule has 116 valence electrons. The Morgan fingerprint density at radius 1 is 1.33 bits per heavy atom. The van der Waals surface area contributed by atoms with Gasteiger partial charge in [-0.3, -0.25) is 0 Å². The van der Waals surface area contributed by atoms with Crippen molar-refractivity contribution in [3.05, 3.63) is 29.6 Å². The highest BCUT2D eigenvalue weighted by molar-refractivity contribution is 5.36. The SMILES string of the molecule is COc1ccc(F)cc1[C@H](CO)OC1C[C@@H]2CC[C@@H](C1)O2. The summed E-state index contributed by atoms with van der Waals surface area (Å²) in [6.45, 7) is -0.202. The second-order valence-corrected chi connectivity index (χ2v) is 5.74. The molecule has 2 aliphatic heterocycles. The Hall–Kier alpha value is -1.17. The lowest BCUT2D eigenvalue weighted by molar-refractivity contribution is -0.115. The van der Waals surface area contributed by atoms with Gasteiger partial charge in [0.2, 0.25) is 0 Å². The molecule has 5 heteroatoms. The minimum absolute atomic E-state index is 0.0429. The Balaban J connectivity index is 1.74. The van der Waals surface area contributed by atoms with Crippen LogP contribution in [0, 0.1) is 5.82 Å². The second-order valence-electron chi connectivity index (χ2n) is 5.74. The number of halogens is 1. The highest BCUT2D eigenvalue weighted by Gasteiger charge is 2.36. The summed E-state index contributed by atoms with van der Waals surface area (Å²) >= 11 is 0. The van der Waals surface area contributed by atoms with Crippen LogP contribution in [0.2, 0.25) is 0 Å². The lowest BCUT2D eigenvalue weighted by Gasteiger charge is -2.31. The molecule has 3 atom stereocenters. The zero-order valence-electron chi connectivity index (χ0n) is 12.1. The predicted octanol–water partition coefficient (Wildman–Crippen LogP) is 2.59. The molecule has 2 heterocycles. The fourth-order valence-electron chi connectivity index (χ4n) is 3.32. The van der Waals surface area contributed by atoms with Crippen molar-refractivity contribution in [1.29, 1.82) is 0 Å². The third-order valence-electron chi connectivity index (χ3n) is 4.31. The van der Waals surface area contributed by atoms with Crippen LogP contribution in [0.25, 0.3) is 0 Å².